The summed E-state index contributed by atoms with van der Waals surface area (Å²) in [7, 11) is 0. The smallest absolute Gasteiger partial charge is 0.254 e. The number of ether oxygens (including phenoxy) is 1. The van der Waals surface area contributed by atoms with Gasteiger partial charge in [0.25, 0.3) is 5.91 Å². The molecule has 190 valence electrons. The van der Waals surface area contributed by atoms with Crippen LogP contribution in [0.1, 0.15) is 47.1 Å². The van der Waals surface area contributed by atoms with Crippen molar-refractivity contribution in [3.8, 4) is 5.75 Å². The molecule has 3 aromatic rings. The summed E-state index contributed by atoms with van der Waals surface area (Å²) < 4.78 is 32.6. The highest BCUT2D eigenvalue weighted by Gasteiger charge is 2.33. The van der Waals surface area contributed by atoms with Gasteiger partial charge in [0.1, 0.15) is 30.5 Å². The van der Waals surface area contributed by atoms with Crippen LogP contribution in [0.15, 0.2) is 60.0 Å². The zero-order valence-electron chi connectivity index (χ0n) is 20.5. The lowest BCUT2D eigenvalue weighted by atomic mass is 10.00. The van der Waals surface area contributed by atoms with Crippen LogP contribution in [-0.2, 0) is 11.2 Å². The molecule has 36 heavy (non-hydrogen) atoms. The highest BCUT2D eigenvalue weighted by Crippen LogP contribution is 2.34. The highest BCUT2D eigenvalue weighted by atomic mass is 32.1. The molecular weight excluding hydrogens is 482 g/mol. The van der Waals surface area contributed by atoms with Crippen molar-refractivity contribution in [2.45, 2.75) is 32.7 Å². The van der Waals surface area contributed by atoms with Gasteiger partial charge < -0.3 is 14.5 Å². The van der Waals surface area contributed by atoms with E-state index in [1.165, 1.54) is 41.3 Å². The third kappa shape index (κ3) is 6.29. The lowest BCUT2D eigenvalue weighted by molar-refractivity contribution is -0.135. The minimum Gasteiger partial charge on any atom is -0.491 e. The van der Waals surface area contributed by atoms with Crippen LogP contribution in [0.5, 0.6) is 5.75 Å². The number of amides is 2. The maximum atomic E-state index is 13.6. The Morgan fingerprint density at radius 1 is 1.06 bits per heavy atom. The fraction of sp³-hybridized carbons (Fsp3) is 0.357. The number of carbonyl (C=O) groups is 2. The topological polar surface area (TPSA) is 49.9 Å². The van der Waals surface area contributed by atoms with Gasteiger partial charge in [-0.15, -0.1) is 11.3 Å². The van der Waals surface area contributed by atoms with Gasteiger partial charge in [-0.3, -0.25) is 9.59 Å². The number of halogens is 2. The van der Waals surface area contributed by atoms with E-state index in [4.69, 9.17) is 4.74 Å². The van der Waals surface area contributed by atoms with Crippen LogP contribution in [-0.4, -0.2) is 47.9 Å². The number of hydrogen-bond donors (Lipinski definition) is 0. The summed E-state index contributed by atoms with van der Waals surface area (Å²) in [5.41, 5.74) is 1.39. The largest absolute Gasteiger partial charge is 0.491 e. The van der Waals surface area contributed by atoms with E-state index in [1.54, 1.807) is 33.3 Å². The predicted molar refractivity (Wildman–Crippen MR) is 136 cm³/mol. The van der Waals surface area contributed by atoms with Crippen LogP contribution in [0.2, 0.25) is 0 Å². The van der Waals surface area contributed by atoms with Crippen LogP contribution in [0, 0.1) is 17.6 Å². The first kappa shape index (κ1) is 25.8. The minimum atomic E-state index is -0.416. The van der Waals surface area contributed by atoms with Crippen LogP contribution < -0.4 is 4.74 Å². The van der Waals surface area contributed by atoms with E-state index < -0.39 is 5.82 Å². The van der Waals surface area contributed by atoms with E-state index in [2.05, 4.69) is 13.8 Å². The van der Waals surface area contributed by atoms with Gasteiger partial charge in [-0.05, 0) is 84.3 Å². The Balaban J connectivity index is 1.52. The molecule has 1 unspecified atom stereocenters. The molecule has 0 radical (unpaired) electrons. The molecule has 0 saturated carbocycles. The first-order valence-electron chi connectivity index (χ1n) is 12.1. The van der Waals surface area contributed by atoms with E-state index in [1.807, 2.05) is 11.4 Å². The van der Waals surface area contributed by atoms with Crippen LogP contribution >= 0.6 is 11.3 Å². The average Bonchev–Trinajstić information content (AvgIpc) is 3.35. The molecule has 5 nitrogen and oxygen atoms in total. The molecule has 1 aliphatic heterocycles. The zero-order chi connectivity index (χ0) is 25.7. The second-order valence-corrected chi connectivity index (χ2v) is 10.3. The number of rotatable bonds is 9. The monoisotopic (exact) mass is 512 g/mol. The number of thiophene rings is 1. The molecule has 1 atom stereocenters. The van der Waals surface area contributed by atoms with Crippen molar-refractivity contribution in [3.63, 3.8) is 0 Å². The van der Waals surface area contributed by atoms with Gasteiger partial charge in [-0.25, -0.2) is 8.78 Å². The third-order valence-corrected chi connectivity index (χ3v) is 7.31. The van der Waals surface area contributed by atoms with Crippen molar-refractivity contribution in [2.75, 3.05) is 26.2 Å². The molecule has 0 aliphatic carbocycles. The maximum Gasteiger partial charge on any atom is 0.254 e. The maximum absolute atomic E-state index is 13.6. The predicted octanol–water partition coefficient (Wildman–Crippen LogP) is 5.72. The van der Waals surface area contributed by atoms with E-state index in [0.29, 0.717) is 30.3 Å². The number of hydrogen-bond acceptors (Lipinski definition) is 4. The number of fused-ring (bicyclic) bond motifs is 1. The van der Waals surface area contributed by atoms with Gasteiger partial charge in [0, 0.05) is 23.5 Å². The standard InChI is InChI=1S/C28H30F2N2O3S/c1-19(2)11-14-31(28(34)20-3-5-21(29)6-4-20)17-27(33)32-15-12-26-24(13-16-36-26)25(32)18-35-23-9-7-22(30)8-10-23/h3-10,13,16,19,25H,11-12,14-15,17-18H2,1-2H3. The summed E-state index contributed by atoms with van der Waals surface area (Å²) >= 11 is 1.66. The lowest BCUT2D eigenvalue weighted by Crippen LogP contribution is -2.48. The summed E-state index contributed by atoms with van der Waals surface area (Å²) in [4.78, 5) is 31.4. The Kier molecular flexibility index (Phi) is 8.36. The van der Waals surface area contributed by atoms with Crippen molar-refractivity contribution in [2.24, 2.45) is 5.92 Å². The van der Waals surface area contributed by atoms with Gasteiger partial charge in [-0.1, -0.05) is 13.8 Å². The highest BCUT2D eigenvalue weighted by molar-refractivity contribution is 7.10. The zero-order valence-corrected chi connectivity index (χ0v) is 21.3. The van der Waals surface area contributed by atoms with Gasteiger partial charge in [-0.2, -0.15) is 0 Å². The number of benzene rings is 2. The quantitative estimate of drug-likeness (QED) is 0.369. The molecule has 0 saturated heterocycles. The molecule has 1 aliphatic rings. The second-order valence-electron chi connectivity index (χ2n) is 9.33. The molecule has 0 N–H and O–H groups in total. The molecule has 8 heteroatoms. The third-order valence-electron chi connectivity index (χ3n) is 6.32. The number of nitrogens with zero attached hydrogens (tertiary/aromatic N) is 2. The molecule has 0 bridgehead atoms. The average molecular weight is 513 g/mol. The molecule has 4 rings (SSSR count). The first-order chi connectivity index (χ1) is 17.3. The summed E-state index contributed by atoms with van der Waals surface area (Å²) in [5.74, 6) is -0.348. The Bertz CT molecular complexity index is 1180. The van der Waals surface area contributed by atoms with Crippen molar-refractivity contribution in [3.05, 3.63) is 87.6 Å². The molecule has 2 heterocycles. The van der Waals surface area contributed by atoms with Crippen LogP contribution in [0.4, 0.5) is 8.78 Å². The van der Waals surface area contributed by atoms with Crippen molar-refractivity contribution in [1.82, 2.24) is 9.80 Å². The van der Waals surface area contributed by atoms with Crippen LogP contribution in [0.25, 0.3) is 0 Å². The van der Waals surface area contributed by atoms with Gasteiger partial charge in [0.15, 0.2) is 0 Å². The Morgan fingerprint density at radius 2 is 1.72 bits per heavy atom. The normalized spacial score (nSPS) is 15.0. The summed E-state index contributed by atoms with van der Waals surface area (Å²) in [6.45, 7) is 5.22. The lowest BCUT2D eigenvalue weighted by Gasteiger charge is -2.37. The summed E-state index contributed by atoms with van der Waals surface area (Å²) in [6, 6.07) is 12.9. The molecule has 0 fully saturated rings. The van der Waals surface area contributed by atoms with Crippen molar-refractivity contribution in [1.29, 1.82) is 0 Å². The molecule has 2 amide bonds. The van der Waals surface area contributed by atoms with Crippen molar-refractivity contribution < 1.29 is 23.1 Å². The van der Waals surface area contributed by atoms with E-state index in [9.17, 15) is 18.4 Å². The fourth-order valence-electron chi connectivity index (χ4n) is 4.28. The number of carbonyl (C=O) groups excluding carboxylic acids is 2. The molecule has 0 spiro atoms. The van der Waals surface area contributed by atoms with E-state index in [0.717, 1.165) is 18.4 Å². The van der Waals surface area contributed by atoms with Crippen LogP contribution in [0.3, 0.4) is 0 Å². The molecule has 1 aromatic heterocycles. The van der Waals surface area contributed by atoms with Gasteiger partial charge in [0.05, 0.1) is 6.04 Å². The minimum absolute atomic E-state index is 0.0740. The summed E-state index contributed by atoms with van der Waals surface area (Å²) in [5, 5.41) is 2.01. The first-order valence-corrected chi connectivity index (χ1v) is 13.0. The Hall–Kier alpha value is -3.26. The van der Waals surface area contributed by atoms with E-state index >= 15 is 0 Å². The summed E-state index contributed by atoms with van der Waals surface area (Å²) in [6.07, 6.45) is 1.48. The molecular formula is C28H30F2N2O3S. The van der Waals surface area contributed by atoms with E-state index in [-0.39, 0.29) is 36.8 Å². The molecule has 2 aromatic carbocycles. The van der Waals surface area contributed by atoms with Gasteiger partial charge >= 0.3 is 0 Å². The fourth-order valence-corrected chi connectivity index (χ4v) is 5.20. The van der Waals surface area contributed by atoms with Crippen molar-refractivity contribution >= 4 is 23.2 Å². The Labute approximate surface area is 214 Å². The van der Waals surface area contributed by atoms with Gasteiger partial charge in [0.2, 0.25) is 5.91 Å². The SMILES string of the molecule is CC(C)CCN(CC(=O)N1CCc2sccc2C1COc1ccc(F)cc1)C(=O)c1ccc(F)cc1. The second kappa shape index (κ2) is 11.6. The Morgan fingerprint density at radius 3 is 2.39 bits per heavy atom.